The summed E-state index contributed by atoms with van der Waals surface area (Å²) < 4.78 is 6.40. The summed E-state index contributed by atoms with van der Waals surface area (Å²) in [4.78, 5) is 12.0. The third kappa shape index (κ3) is 4.88. The van der Waals surface area contributed by atoms with E-state index in [0.717, 1.165) is 10.9 Å². The number of rotatable bonds is 6. The minimum absolute atomic E-state index is 0.121. The Kier molecular flexibility index (Phi) is 6.96. The molecule has 1 atom stereocenters. The molecule has 0 saturated heterocycles. The highest BCUT2D eigenvalue weighted by Crippen LogP contribution is 2.31. The lowest BCUT2D eigenvalue weighted by Gasteiger charge is -2.13. The predicted octanol–water partition coefficient (Wildman–Crippen LogP) is 6.29. The van der Waals surface area contributed by atoms with E-state index >= 15 is 0 Å². The van der Waals surface area contributed by atoms with Gasteiger partial charge in [0.1, 0.15) is 5.75 Å². The highest BCUT2D eigenvalue weighted by molar-refractivity contribution is 9.10. The molecule has 2 aromatic carbocycles. The third-order valence-electron chi connectivity index (χ3n) is 3.72. The van der Waals surface area contributed by atoms with Crippen molar-refractivity contribution < 1.29 is 9.53 Å². The molecule has 24 heavy (non-hydrogen) atoms. The lowest BCUT2D eigenvalue weighted by atomic mass is 9.99. The number of nitrogens with one attached hydrogen (secondary N) is 1. The van der Waals surface area contributed by atoms with Crippen LogP contribution in [0.5, 0.6) is 5.75 Å². The van der Waals surface area contributed by atoms with Crippen LogP contribution in [0.2, 0.25) is 10.0 Å². The smallest absolute Gasteiger partial charge is 0.262 e. The minimum Gasteiger partial charge on any atom is -0.483 e. The zero-order valence-corrected chi connectivity index (χ0v) is 16.5. The molecule has 1 N–H and O–H groups in total. The minimum atomic E-state index is -0.308. The summed E-state index contributed by atoms with van der Waals surface area (Å²) >= 11 is 15.5. The van der Waals surface area contributed by atoms with E-state index < -0.39 is 0 Å². The van der Waals surface area contributed by atoms with Gasteiger partial charge in [0.15, 0.2) is 6.61 Å². The Morgan fingerprint density at radius 1 is 1.29 bits per heavy atom. The highest BCUT2D eigenvalue weighted by atomic mass is 79.9. The number of ether oxygens (including phenoxy) is 1. The summed E-state index contributed by atoms with van der Waals surface area (Å²) in [7, 11) is 0. The van der Waals surface area contributed by atoms with Gasteiger partial charge in [0.25, 0.3) is 5.91 Å². The number of hydrogen-bond donors (Lipinski definition) is 1. The molecule has 128 valence electrons. The standard InChI is InChI=1S/C18H18BrCl2NO2/c1-3-11(2)12-7-8-16(13(19)9-12)24-10-17(23)22-15-6-4-5-14(20)18(15)21/h4-9,11H,3,10H2,1-2H3,(H,22,23). The lowest BCUT2D eigenvalue weighted by Crippen LogP contribution is -2.20. The third-order valence-corrected chi connectivity index (χ3v) is 5.16. The van der Waals surface area contributed by atoms with Crippen molar-refractivity contribution in [2.75, 3.05) is 11.9 Å². The lowest BCUT2D eigenvalue weighted by molar-refractivity contribution is -0.118. The summed E-state index contributed by atoms with van der Waals surface area (Å²) in [5.74, 6) is 0.787. The van der Waals surface area contributed by atoms with Gasteiger partial charge >= 0.3 is 0 Å². The molecule has 2 aromatic rings. The van der Waals surface area contributed by atoms with Gasteiger partial charge in [0.05, 0.1) is 20.2 Å². The first-order chi connectivity index (χ1) is 11.4. The van der Waals surface area contributed by atoms with Crippen molar-refractivity contribution in [3.63, 3.8) is 0 Å². The van der Waals surface area contributed by atoms with Gasteiger partial charge in [-0.15, -0.1) is 0 Å². The number of carbonyl (C=O) groups is 1. The molecule has 1 amide bonds. The molecule has 0 radical (unpaired) electrons. The second-order valence-electron chi connectivity index (χ2n) is 5.44. The van der Waals surface area contributed by atoms with E-state index in [4.69, 9.17) is 27.9 Å². The predicted molar refractivity (Wildman–Crippen MR) is 103 cm³/mol. The first-order valence-electron chi connectivity index (χ1n) is 7.58. The molecule has 0 bridgehead atoms. The molecule has 6 heteroatoms. The van der Waals surface area contributed by atoms with E-state index in [1.807, 2.05) is 18.2 Å². The Hall–Kier alpha value is -1.23. The fraction of sp³-hybridized carbons (Fsp3) is 0.278. The Bertz CT molecular complexity index is 737. The van der Waals surface area contributed by atoms with Crippen LogP contribution in [-0.2, 0) is 4.79 Å². The van der Waals surface area contributed by atoms with Crippen LogP contribution in [0.3, 0.4) is 0 Å². The molecule has 0 fully saturated rings. The molecular weight excluding hydrogens is 413 g/mol. The van der Waals surface area contributed by atoms with Crippen molar-refractivity contribution in [1.29, 1.82) is 0 Å². The normalized spacial score (nSPS) is 11.9. The maximum absolute atomic E-state index is 12.0. The van der Waals surface area contributed by atoms with E-state index in [1.165, 1.54) is 5.56 Å². The average Bonchev–Trinajstić information content (AvgIpc) is 2.57. The number of benzene rings is 2. The van der Waals surface area contributed by atoms with Crippen molar-refractivity contribution >= 4 is 50.7 Å². The van der Waals surface area contributed by atoms with Gasteiger partial charge in [0, 0.05) is 0 Å². The molecule has 0 saturated carbocycles. The monoisotopic (exact) mass is 429 g/mol. The van der Waals surface area contributed by atoms with Crippen LogP contribution in [0.15, 0.2) is 40.9 Å². The van der Waals surface area contributed by atoms with E-state index in [2.05, 4.69) is 35.1 Å². The fourth-order valence-electron chi connectivity index (χ4n) is 2.11. The van der Waals surface area contributed by atoms with E-state index in [0.29, 0.717) is 27.4 Å². The number of halogens is 3. The molecule has 0 heterocycles. The summed E-state index contributed by atoms with van der Waals surface area (Å²) in [6.45, 7) is 4.20. The highest BCUT2D eigenvalue weighted by Gasteiger charge is 2.11. The van der Waals surface area contributed by atoms with Gasteiger partial charge in [-0.05, 0) is 58.1 Å². The Morgan fingerprint density at radius 3 is 2.71 bits per heavy atom. The van der Waals surface area contributed by atoms with Gasteiger partial charge in [0.2, 0.25) is 0 Å². The molecule has 3 nitrogen and oxygen atoms in total. The van der Waals surface area contributed by atoms with Crippen LogP contribution in [0.1, 0.15) is 31.7 Å². The zero-order chi connectivity index (χ0) is 17.7. The second-order valence-corrected chi connectivity index (χ2v) is 7.08. The Morgan fingerprint density at radius 2 is 2.04 bits per heavy atom. The maximum Gasteiger partial charge on any atom is 0.262 e. The zero-order valence-electron chi connectivity index (χ0n) is 13.4. The van der Waals surface area contributed by atoms with Crippen LogP contribution < -0.4 is 10.1 Å². The van der Waals surface area contributed by atoms with Gasteiger partial charge in [-0.1, -0.05) is 49.2 Å². The topological polar surface area (TPSA) is 38.3 Å². The first-order valence-corrected chi connectivity index (χ1v) is 9.13. The van der Waals surface area contributed by atoms with Crippen LogP contribution in [0, 0.1) is 0 Å². The summed E-state index contributed by atoms with van der Waals surface area (Å²) in [6, 6.07) is 11.0. The largest absolute Gasteiger partial charge is 0.483 e. The van der Waals surface area contributed by atoms with Crippen LogP contribution in [0.25, 0.3) is 0 Å². The molecular formula is C18H18BrCl2NO2. The van der Waals surface area contributed by atoms with Gasteiger partial charge in [-0.2, -0.15) is 0 Å². The average molecular weight is 431 g/mol. The van der Waals surface area contributed by atoms with Crippen molar-refractivity contribution in [3.8, 4) is 5.75 Å². The van der Waals surface area contributed by atoms with Crippen molar-refractivity contribution in [2.45, 2.75) is 26.2 Å². The number of amides is 1. The summed E-state index contributed by atoms with van der Waals surface area (Å²) in [5, 5.41) is 3.38. The van der Waals surface area contributed by atoms with Crippen LogP contribution in [0.4, 0.5) is 5.69 Å². The summed E-state index contributed by atoms with van der Waals surface area (Å²) in [5.41, 5.74) is 1.69. The quantitative estimate of drug-likeness (QED) is 0.584. The van der Waals surface area contributed by atoms with Gasteiger partial charge in [-0.25, -0.2) is 0 Å². The second kappa shape index (κ2) is 8.75. The number of hydrogen-bond acceptors (Lipinski definition) is 2. The fourth-order valence-corrected chi connectivity index (χ4v) is 2.97. The molecule has 0 aliphatic rings. The van der Waals surface area contributed by atoms with Crippen molar-refractivity contribution in [2.24, 2.45) is 0 Å². The summed E-state index contributed by atoms with van der Waals surface area (Å²) in [6.07, 6.45) is 1.06. The van der Waals surface area contributed by atoms with Gasteiger partial charge < -0.3 is 10.1 Å². The van der Waals surface area contributed by atoms with E-state index in [9.17, 15) is 4.79 Å². The van der Waals surface area contributed by atoms with Crippen LogP contribution >= 0.6 is 39.1 Å². The van der Waals surface area contributed by atoms with Crippen molar-refractivity contribution in [1.82, 2.24) is 0 Å². The molecule has 0 aliphatic carbocycles. The van der Waals surface area contributed by atoms with E-state index in [-0.39, 0.29) is 12.5 Å². The SMILES string of the molecule is CCC(C)c1ccc(OCC(=O)Nc2cccc(Cl)c2Cl)c(Br)c1. The van der Waals surface area contributed by atoms with Crippen LogP contribution in [-0.4, -0.2) is 12.5 Å². The van der Waals surface area contributed by atoms with Crippen molar-refractivity contribution in [3.05, 3.63) is 56.5 Å². The molecule has 0 spiro atoms. The molecule has 1 unspecified atom stereocenters. The van der Waals surface area contributed by atoms with E-state index in [1.54, 1.807) is 18.2 Å². The van der Waals surface area contributed by atoms with Gasteiger partial charge in [-0.3, -0.25) is 4.79 Å². The molecule has 0 aliphatic heterocycles. The molecule has 0 aromatic heterocycles. The number of anilines is 1. The Balaban J connectivity index is 1.98. The number of carbonyl (C=O) groups excluding carboxylic acids is 1. The molecule has 2 rings (SSSR count). The Labute approximate surface area is 160 Å². The first kappa shape index (κ1) is 19.1. The maximum atomic E-state index is 12.0.